The number of nitrogens with zero attached hydrogens (tertiary/aromatic N) is 4. The van der Waals surface area contributed by atoms with Gasteiger partial charge in [0.25, 0.3) is 5.91 Å². The molecule has 0 bridgehead atoms. The van der Waals surface area contributed by atoms with Gasteiger partial charge >= 0.3 is 0 Å². The second kappa shape index (κ2) is 13.9. The first-order valence-corrected chi connectivity index (χ1v) is 15.8. The first kappa shape index (κ1) is 29.7. The van der Waals surface area contributed by atoms with Crippen LogP contribution in [-0.2, 0) is 5.75 Å². The van der Waals surface area contributed by atoms with Crippen LogP contribution in [0.25, 0.3) is 0 Å². The molecular weight excluding hydrogens is 593 g/mol. The van der Waals surface area contributed by atoms with E-state index in [9.17, 15) is 9.18 Å². The largest absolute Gasteiger partial charge is 0.366 e. The van der Waals surface area contributed by atoms with Gasteiger partial charge in [-0.2, -0.15) is 0 Å². The van der Waals surface area contributed by atoms with Gasteiger partial charge in [-0.1, -0.05) is 108 Å². The Kier molecular flexibility index (Phi) is 9.39. The van der Waals surface area contributed by atoms with Crippen LogP contribution < -0.4 is 15.1 Å². The summed E-state index contributed by atoms with van der Waals surface area (Å²) in [5.41, 5.74) is 4.30. The lowest BCUT2D eigenvalue weighted by atomic mass is 9.98. The van der Waals surface area contributed by atoms with Crippen LogP contribution in [0.15, 0.2) is 120 Å². The molecule has 9 heteroatoms. The van der Waals surface area contributed by atoms with Gasteiger partial charge in [0.05, 0.1) is 11.7 Å². The topological polar surface area (TPSA) is 61.4 Å². The van der Waals surface area contributed by atoms with Gasteiger partial charge in [0, 0.05) is 43.6 Å². The molecule has 2 heterocycles. The average Bonchev–Trinajstić information content (AvgIpc) is 3.07. The third kappa shape index (κ3) is 7.21. The van der Waals surface area contributed by atoms with Crippen molar-refractivity contribution in [2.75, 3.05) is 36.0 Å². The van der Waals surface area contributed by atoms with Crippen molar-refractivity contribution in [1.29, 1.82) is 0 Å². The number of hydrogen-bond donors (Lipinski definition) is 1. The Balaban J connectivity index is 1.07. The van der Waals surface area contributed by atoms with Crippen molar-refractivity contribution in [3.05, 3.63) is 148 Å². The summed E-state index contributed by atoms with van der Waals surface area (Å²) >= 11 is 7.88. The molecule has 1 fully saturated rings. The third-order valence-corrected chi connectivity index (χ3v) is 8.70. The van der Waals surface area contributed by atoms with E-state index in [0.717, 1.165) is 22.5 Å². The number of amides is 1. The molecule has 44 heavy (non-hydrogen) atoms. The van der Waals surface area contributed by atoms with Crippen molar-refractivity contribution >= 4 is 40.8 Å². The number of carbonyl (C=O) groups is 1. The smallest absolute Gasteiger partial charge is 0.252 e. The lowest BCUT2D eigenvalue weighted by Gasteiger charge is -2.36. The number of anilines is 2. The van der Waals surface area contributed by atoms with E-state index in [1.807, 2.05) is 97.1 Å². The van der Waals surface area contributed by atoms with E-state index in [-0.39, 0.29) is 17.8 Å². The van der Waals surface area contributed by atoms with Gasteiger partial charge in [0.1, 0.15) is 16.8 Å². The van der Waals surface area contributed by atoms with Gasteiger partial charge in [0.2, 0.25) is 0 Å². The second-order valence-electron chi connectivity index (χ2n) is 10.5. The summed E-state index contributed by atoms with van der Waals surface area (Å²) in [5.74, 6) is 1.04. The summed E-state index contributed by atoms with van der Waals surface area (Å²) in [6.07, 6.45) is 0. The summed E-state index contributed by atoms with van der Waals surface area (Å²) in [4.78, 5) is 26.6. The molecule has 0 atom stereocenters. The maximum Gasteiger partial charge on any atom is 0.252 e. The molecule has 1 amide bonds. The molecule has 6 nitrogen and oxygen atoms in total. The zero-order chi connectivity index (χ0) is 30.3. The van der Waals surface area contributed by atoms with Crippen LogP contribution in [-0.4, -0.2) is 42.1 Å². The number of aromatic nitrogens is 2. The number of benzene rings is 4. The molecule has 0 saturated carbocycles. The van der Waals surface area contributed by atoms with E-state index in [4.69, 9.17) is 16.6 Å². The number of hydrogen-bond acceptors (Lipinski definition) is 6. The van der Waals surface area contributed by atoms with Gasteiger partial charge in [-0.05, 0) is 41.0 Å². The highest BCUT2D eigenvalue weighted by molar-refractivity contribution is 7.98. The van der Waals surface area contributed by atoms with Crippen molar-refractivity contribution in [2.45, 2.75) is 17.0 Å². The fourth-order valence-electron chi connectivity index (χ4n) is 5.26. The maximum atomic E-state index is 14.2. The van der Waals surface area contributed by atoms with Crippen LogP contribution in [0, 0.1) is 5.82 Å². The van der Waals surface area contributed by atoms with Crippen molar-refractivity contribution < 1.29 is 9.18 Å². The monoisotopic (exact) mass is 623 g/mol. The molecule has 4 aromatic carbocycles. The fraction of sp³-hybridized carbons (Fsp3) is 0.171. The van der Waals surface area contributed by atoms with Crippen LogP contribution in [0.3, 0.4) is 0 Å². The van der Waals surface area contributed by atoms with Gasteiger partial charge < -0.3 is 15.1 Å². The Bertz CT molecular complexity index is 1660. The van der Waals surface area contributed by atoms with Gasteiger partial charge in [-0.25, -0.2) is 14.4 Å². The summed E-state index contributed by atoms with van der Waals surface area (Å²) in [5, 5.41) is 4.16. The van der Waals surface area contributed by atoms with Crippen molar-refractivity contribution in [2.24, 2.45) is 0 Å². The van der Waals surface area contributed by atoms with Gasteiger partial charge in [-0.15, -0.1) is 0 Å². The highest BCUT2D eigenvalue weighted by Crippen LogP contribution is 2.27. The van der Waals surface area contributed by atoms with Crippen molar-refractivity contribution in [3.63, 3.8) is 0 Å². The summed E-state index contributed by atoms with van der Waals surface area (Å²) in [7, 11) is 0. The summed E-state index contributed by atoms with van der Waals surface area (Å²) < 4.78 is 14.2. The molecule has 1 N–H and O–H groups in total. The number of rotatable bonds is 9. The number of halogens is 2. The third-order valence-electron chi connectivity index (χ3n) is 7.58. The van der Waals surface area contributed by atoms with Crippen LogP contribution in [0.4, 0.5) is 15.9 Å². The van der Waals surface area contributed by atoms with E-state index in [0.29, 0.717) is 53.5 Å². The normalized spacial score (nSPS) is 13.2. The standard InChI is InChI=1S/C35H31ClFN5OS/c36-31-23-32(42-21-19-41(20-22-42)30-14-8-7-13-29(30)37)39-35(38-31)44-24-25-15-17-28(18-16-25)34(43)40-33(26-9-3-1-4-10-26)27-11-5-2-6-12-27/h1-18,23,33H,19-22,24H2,(H,40,43). The molecular formula is C35H31ClFN5OS. The minimum absolute atomic E-state index is 0.139. The molecule has 1 aromatic heterocycles. The predicted octanol–water partition coefficient (Wildman–Crippen LogP) is 7.41. The van der Waals surface area contributed by atoms with E-state index < -0.39 is 0 Å². The number of carbonyl (C=O) groups excluding carboxylic acids is 1. The molecule has 0 aliphatic carbocycles. The highest BCUT2D eigenvalue weighted by Gasteiger charge is 2.22. The lowest BCUT2D eigenvalue weighted by molar-refractivity contribution is 0.0943. The Morgan fingerprint density at radius 2 is 1.39 bits per heavy atom. The zero-order valence-corrected chi connectivity index (χ0v) is 25.5. The predicted molar refractivity (Wildman–Crippen MR) is 176 cm³/mol. The van der Waals surface area contributed by atoms with Crippen LogP contribution in [0.1, 0.15) is 33.1 Å². The molecule has 0 spiro atoms. The Morgan fingerprint density at radius 1 is 0.795 bits per heavy atom. The number of piperazine rings is 1. The molecule has 0 unspecified atom stereocenters. The second-order valence-corrected chi connectivity index (χ2v) is 11.8. The molecule has 1 aliphatic rings. The highest BCUT2D eigenvalue weighted by atomic mass is 35.5. The van der Waals surface area contributed by atoms with Crippen molar-refractivity contribution in [1.82, 2.24) is 15.3 Å². The number of nitrogens with one attached hydrogen (secondary N) is 1. The molecule has 0 radical (unpaired) electrons. The Morgan fingerprint density at radius 3 is 2.02 bits per heavy atom. The summed E-state index contributed by atoms with van der Waals surface area (Å²) in [6, 6.07) is 35.9. The summed E-state index contributed by atoms with van der Waals surface area (Å²) in [6.45, 7) is 2.76. The number of para-hydroxylation sites is 1. The van der Waals surface area contributed by atoms with E-state index in [1.165, 1.54) is 17.8 Å². The minimum Gasteiger partial charge on any atom is -0.366 e. The van der Waals surface area contributed by atoms with Crippen molar-refractivity contribution in [3.8, 4) is 0 Å². The average molecular weight is 624 g/mol. The first-order valence-electron chi connectivity index (χ1n) is 14.4. The molecule has 222 valence electrons. The van der Waals surface area contributed by atoms with E-state index >= 15 is 0 Å². The quantitative estimate of drug-likeness (QED) is 0.105. The lowest BCUT2D eigenvalue weighted by Crippen LogP contribution is -2.47. The number of thioether (sulfide) groups is 1. The molecule has 5 aromatic rings. The van der Waals surface area contributed by atoms with E-state index in [2.05, 4.69) is 20.1 Å². The van der Waals surface area contributed by atoms with E-state index in [1.54, 1.807) is 12.1 Å². The van der Waals surface area contributed by atoms with Gasteiger partial charge in [-0.3, -0.25) is 4.79 Å². The van der Waals surface area contributed by atoms with Crippen LogP contribution in [0.5, 0.6) is 0 Å². The molecule has 1 saturated heterocycles. The first-order chi connectivity index (χ1) is 21.5. The molecule has 1 aliphatic heterocycles. The Labute approximate surface area is 265 Å². The fourth-order valence-corrected chi connectivity index (χ4v) is 6.30. The SMILES string of the molecule is O=C(NC(c1ccccc1)c1ccccc1)c1ccc(CSc2nc(Cl)cc(N3CCN(c4ccccc4F)CC3)n2)cc1. The van der Waals surface area contributed by atoms with Crippen LogP contribution >= 0.6 is 23.4 Å². The zero-order valence-electron chi connectivity index (χ0n) is 23.9. The maximum absolute atomic E-state index is 14.2. The Hall–Kier alpha value is -4.40. The van der Waals surface area contributed by atoms with Crippen LogP contribution in [0.2, 0.25) is 5.15 Å². The minimum atomic E-state index is -0.253. The van der Waals surface area contributed by atoms with Gasteiger partial charge in [0.15, 0.2) is 5.16 Å². The molecule has 6 rings (SSSR count).